The van der Waals surface area contributed by atoms with Crippen LogP contribution < -0.4 is 11.1 Å². The van der Waals surface area contributed by atoms with Crippen LogP contribution in [0.15, 0.2) is 0 Å². The Morgan fingerprint density at radius 2 is 2.07 bits per heavy atom. The second-order valence-corrected chi connectivity index (χ2v) is 2.59. The Kier molecular flexibility index (Phi) is 14.4. The quantitative estimate of drug-likeness (QED) is 0.422. The molecule has 0 saturated carbocycles. The van der Waals surface area contributed by atoms with Crippen molar-refractivity contribution in [1.82, 2.24) is 5.32 Å². The van der Waals surface area contributed by atoms with Crippen molar-refractivity contribution >= 4 is 36.6 Å². The van der Waals surface area contributed by atoms with Gasteiger partial charge in [-0.15, -0.1) is 24.8 Å². The van der Waals surface area contributed by atoms with Crippen LogP contribution in [0.2, 0.25) is 0 Å². The molecule has 5 N–H and O–H groups in total. The van der Waals surface area contributed by atoms with Gasteiger partial charge in [0, 0.05) is 0 Å². The van der Waals surface area contributed by atoms with Crippen LogP contribution in [0, 0.1) is 5.41 Å². The van der Waals surface area contributed by atoms with Crippen LogP contribution in [0.5, 0.6) is 0 Å². The molecular weight excluding hydrogens is 229 g/mol. The molecule has 7 heteroatoms. The fourth-order valence-electron chi connectivity index (χ4n) is 0.841. The maximum absolute atomic E-state index is 10.5. The second-order valence-electron chi connectivity index (χ2n) is 2.59. The third-order valence-corrected chi connectivity index (χ3v) is 1.39. The summed E-state index contributed by atoms with van der Waals surface area (Å²) in [7, 11) is 0. The molecule has 1 atom stereocenters. The summed E-state index contributed by atoms with van der Waals surface area (Å²) in [5, 5.41) is 18.2. The lowest BCUT2D eigenvalue weighted by Crippen LogP contribution is -2.39. The molecule has 0 saturated heterocycles. The number of carbonyl (C=O) groups is 1. The molecule has 0 aromatic heterocycles. The first-order valence-electron chi connectivity index (χ1n) is 3.82. The Hall–Kier alpha value is -0.520. The number of nitrogens with one attached hydrogen (secondary N) is 2. The lowest BCUT2D eigenvalue weighted by molar-refractivity contribution is -0.139. The Labute approximate surface area is 95.8 Å². The first-order chi connectivity index (χ1) is 5.57. The predicted molar refractivity (Wildman–Crippen MR) is 60.7 cm³/mol. The first-order valence-corrected chi connectivity index (χ1v) is 3.82. The van der Waals surface area contributed by atoms with Gasteiger partial charge in [0.25, 0.3) is 0 Å². The van der Waals surface area contributed by atoms with Crippen LogP contribution in [0.1, 0.15) is 19.8 Å². The molecule has 0 radical (unpaired) electrons. The van der Waals surface area contributed by atoms with Crippen LogP contribution in [0.25, 0.3) is 0 Å². The van der Waals surface area contributed by atoms with E-state index in [4.69, 9.17) is 16.2 Å². The number of halogens is 2. The third-order valence-electron chi connectivity index (χ3n) is 1.39. The van der Waals surface area contributed by atoms with Gasteiger partial charge in [0.05, 0.1) is 5.84 Å². The SMILES string of the molecule is CC(=N)NC(CCCN)C(=O)O.Cl.Cl. The number of nitrogens with two attached hydrogens (primary N) is 1. The molecule has 0 spiro atoms. The molecular formula is C7H17Cl2N3O2. The van der Waals surface area contributed by atoms with Gasteiger partial charge in [-0.25, -0.2) is 4.79 Å². The largest absolute Gasteiger partial charge is 0.480 e. The smallest absolute Gasteiger partial charge is 0.326 e. The number of carboxylic acids is 1. The van der Waals surface area contributed by atoms with Crippen LogP contribution in [0.4, 0.5) is 0 Å². The maximum atomic E-state index is 10.5. The normalized spacial score (nSPS) is 10.4. The molecule has 0 aliphatic heterocycles. The standard InChI is InChI=1S/C7H15N3O2.2ClH/c1-5(9)10-6(7(11)12)3-2-4-8;;/h6H,2-4,8H2,1H3,(H2,9,10)(H,11,12);2*1H. The number of aliphatic carboxylic acids is 1. The molecule has 0 bridgehead atoms. The highest BCUT2D eigenvalue weighted by atomic mass is 35.5. The Balaban J connectivity index is -0.000000605. The summed E-state index contributed by atoms with van der Waals surface area (Å²) in [6, 6.07) is -0.675. The zero-order chi connectivity index (χ0) is 9.56. The van der Waals surface area contributed by atoms with E-state index < -0.39 is 12.0 Å². The minimum atomic E-state index is -0.935. The van der Waals surface area contributed by atoms with E-state index in [1.165, 1.54) is 6.92 Å². The topological polar surface area (TPSA) is 99.2 Å². The van der Waals surface area contributed by atoms with E-state index in [-0.39, 0.29) is 30.6 Å². The summed E-state index contributed by atoms with van der Waals surface area (Å²) in [6.45, 7) is 1.99. The average Bonchev–Trinajstić information content (AvgIpc) is 1.96. The molecule has 0 aliphatic rings. The van der Waals surface area contributed by atoms with E-state index in [1.54, 1.807) is 0 Å². The number of hydrogen-bond acceptors (Lipinski definition) is 3. The van der Waals surface area contributed by atoms with Crippen molar-refractivity contribution < 1.29 is 9.90 Å². The second kappa shape index (κ2) is 10.6. The third kappa shape index (κ3) is 9.57. The molecule has 1 unspecified atom stereocenters. The van der Waals surface area contributed by atoms with Crippen molar-refractivity contribution in [3.63, 3.8) is 0 Å². The highest BCUT2D eigenvalue weighted by Crippen LogP contribution is 1.95. The molecule has 14 heavy (non-hydrogen) atoms. The predicted octanol–water partition coefficient (Wildman–Crippen LogP) is 0.609. The van der Waals surface area contributed by atoms with Gasteiger partial charge in [-0.3, -0.25) is 5.41 Å². The molecule has 5 nitrogen and oxygen atoms in total. The van der Waals surface area contributed by atoms with E-state index in [0.717, 1.165) is 0 Å². The van der Waals surface area contributed by atoms with Gasteiger partial charge in [-0.2, -0.15) is 0 Å². The van der Waals surface area contributed by atoms with Crippen molar-refractivity contribution in [2.24, 2.45) is 5.73 Å². The zero-order valence-corrected chi connectivity index (χ0v) is 9.58. The molecule has 0 aromatic rings. The minimum Gasteiger partial charge on any atom is -0.480 e. The molecule has 0 fully saturated rings. The van der Waals surface area contributed by atoms with Gasteiger partial charge in [0.1, 0.15) is 6.04 Å². The Morgan fingerprint density at radius 1 is 1.57 bits per heavy atom. The summed E-state index contributed by atoms with van der Waals surface area (Å²) in [6.07, 6.45) is 1.11. The van der Waals surface area contributed by atoms with E-state index in [0.29, 0.717) is 19.4 Å². The van der Waals surface area contributed by atoms with Crippen molar-refractivity contribution in [2.75, 3.05) is 6.54 Å². The summed E-state index contributed by atoms with van der Waals surface area (Å²) in [4.78, 5) is 10.5. The molecule has 0 heterocycles. The van der Waals surface area contributed by atoms with E-state index in [2.05, 4.69) is 5.32 Å². The Bertz CT molecular complexity index is 178. The fraction of sp³-hybridized carbons (Fsp3) is 0.714. The van der Waals surface area contributed by atoms with Gasteiger partial charge < -0.3 is 16.2 Å². The minimum absolute atomic E-state index is 0. The summed E-state index contributed by atoms with van der Waals surface area (Å²) >= 11 is 0. The van der Waals surface area contributed by atoms with Gasteiger partial charge in [-0.05, 0) is 26.3 Å². The number of carboxylic acid groups (broad SMARTS) is 1. The van der Waals surface area contributed by atoms with Crippen molar-refractivity contribution in [2.45, 2.75) is 25.8 Å². The lowest BCUT2D eigenvalue weighted by Gasteiger charge is -2.13. The molecule has 0 amide bonds. The van der Waals surface area contributed by atoms with Crippen LogP contribution in [-0.4, -0.2) is 29.5 Å². The highest BCUT2D eigenvalue weighted by molar-refractivity contribution is 5.85. The van der Waals surface area contributed by atoms with Crippen LogP contribution in [0.3, 0.4) is 0 Å². The maximum Gasteiger partial charge on any atom is 0.326 e. The summed E-state index contributed by atoms with van der Waals surface area (Å²) in [5.41, 5.74) is 5.23. The zero-order valence-electron chi connectivity index (χ0n) is 7.95. The monoisotopic (exact) mass is 245 g/mol. The number of rotatable bonds is 5. The van der Waals surface area contributed by atoms with E-state index in [9.17, 15) is 4.79 Å². The molecule has 0 aromatic carbocycles. The van der Waals surface area contributed by atoms with Gasteiger partial charge in [-0.1, -0.05) is 0 Å². The van der Waals surface area contributed by atoms with E-state index >= 15 is 0 Å². The molecule has 86 valence electrons. The van der Waals surface area contributed by atoms with Crippen molar-refractivity contribution in [3.05, 3.63) is 0 Å². The van der Waals surface area contributed by atoms with Crippen LogP contribution in [-0.2, 0) is 4.79 Å². The highest BCUT2D eigenvalue weighted by Gasteiger charge is 2.15. The summed E-state index contributed by atoms with van der Waals surface area (Å²) < 4.78 is 0. The lowest BCUT2D eigenvalue weighted by atomic mass is 10.1. The number of amidine groups is 1. The van der Waals surface area contributed by atoms with Gasteiger partial charge in [0.2, 0.25) is 0 Å². The first kappa shape index (κ1) is 19.1. The average molecular weight is 246 g/mol. The van der Waals surface area contributed by atoms with Crippen LogP contribution >= 0.6 is 24.8 Å². The summed E-state index contributed by atoms with van der Waals surface area (Å²) in [5.74, 6) is -0.769. The van der Waals surface area contributed by atoms with Crippen molar-refractivity contribution in [3.8, 4) is 0 Å². The fourth-order valence-corrected chi connectivity index (χ4v) is 0.841. The number of hydrogen-bond donors (Lipinski definition) is 4. The van der Waals surface area contributed by atoms with Gasteiger partial charge >= 0.3 is 5.97 Å². The van der Waals surface area contributed by atoms with Gasteiger partial charge in [0.15, 0.2) is 0 Å². The molecule has 0 aliphatic carbocycles. The molecule has 0 rings (SSSR count). The Morgan fingerprint density at radius 3 is 2.36 bits per heavy atom. The van der Waals surface area contributed by atoms with Crippen molar-refractivity contribution in [1.29, 1.82) is 5.41 Å². The van der Waals surface area contributed by atoms with E-state index in [1.807, 2.05) is 0 Å².